The van der Waals surface area contributed by atoms with E-state index in [4.69, 9.17) is 5.73 Å². The summed E-state index contributed by atoms with van der Waals surface area (Å²) in [5, 5.41) is 13.7. The summed E-state index contributed by atoms with van der Waals surface area (Å²) in [7, 11) is 0. The van der Waals surface area contributed by atoms with Crippen LogP contribution in [0.4, 0.5) is 0 Å². The Kier molecular flexibility index (Phi) is 3.77. The van der Waals surface area contributed by atoms with Crippen molar-refractivity contribution in [1.82, 2.24) is 5.32 Å². The molecule has 4 N–H and O–H groups in total. The van der Waals surface area contributed by atoms with E-state index in [-0.39, 0.29) is 11.0 Å². The average molecular weight is 241 g/mol. The van der Waals surface area contributed by atoms with E-state index in [0.29, 0.717) is 12.5 Å². The highest BCUT2D eigenvalue weighted by Gasteiger charge is 2.47. The topological polar surface area (TPSA) is 70.6 Å². The van der Waals surface area contributed by atoms with Gasteiger partial charge in [-0.2, -0.15) is 0 Å². The highest BCUT2D eigenvalue weighted by molar-refractivity contribution is 5.78. The number of aliphatic hydroxyl groups is 1. The number of aliphatic imine (C=N–C) groups is 1. The summed E-state index contributed by atoms with van der Waals surface area (Å²) >= 11 is 0. The molecule has 17 heavy (non-hydrogen) atoms. The van der Waals surface area contributed by atoms with E-state index in [9.17, 15) is 5.11 Å². The minimum atomic E-state index is -0.711. The number of hydrogen-bond donors (Lipinski definition) is 3. The molecule has 0 aromatic heterocycles. The van der Waals surface area contributed by atoms with E-state index >= 15 is 0 Å². The van der Waals surface area contributed by atoms with Crippen LogP contribution in [0.15, 0.2) is 4.99 Å². The van der Waals surface area contributed by atoms with Gasteiger partial charge in [0.25, 0.3) is 0 Å². The fourth-order valence-electron chi connectivity index (χ4n) is 2.33. The third-order valence-electron chi connectivity index (χ3n) is 3.67. The van der Waals surface area contributed by atoms with Crippen molar-refractivity contribution >= 4 is 5.96 Å². The predicted molar refractivity (Wildman–Crippen MR) is 72.0 cm³/mol. The van der Waals surface area contributed by atoms with Gasteiger partial charge in [0.2, 0.25) is 0 Å². The van der Waals surface area contributed by atoms with Crippen molar-refractivity contribution in [2.24, 2.45) is 16.1 Å². The number of rotatable bonds is 2. The SMILES string of the molecule is CC(C)(C)NC(N)=NCC1(O)CCCC1(C)C. The van der Waals surface area contributed by atoms with Crippen LogP contribution in [-0.2, 0) is 0 Å². The van der Waals surface area contributed by atoms with Crippen molar-refractivity contribution in [1.29, 1.82) is 0 Å². The van der Waals surface area contributed by atoms with Crippen LogP contribution in [-0.4, -0.2) is 28.8 Å². The first kappa shape index (κ1) is 14.3. The maximum Gasteiger partial charge on any atom is 0.189 e. The van der Waals surface area contributed by atoms with Crippen LogP contribution in [0, 0.1) is 5.41 Å². The summed E-state index contributed by atoms with van der Waals surface area (Å²) in [6, 6.07) is 0. The van der Waals surface area contributed by atoms with Gasteiger partial charge in [-0.05, 0) is 45.4 Å². The van der Waals surface area contributed by atoms with E-state index in [0.717, 1.165) is 19.3 Å². The van der Waals surface area contributed by atoms with Crippen LogP contribution in [0.3, 0.4) is 0 Å². The van der Waals surface area contributed by atoms with Crippen LogP contribution >= 0.6 is 0 Å². The van der Waals surface area contributed by atoms with Crippen LogP contribution in [0.25, 0.3) is 0 Å². The molecule has 1 atom stereocenters. The van der Waals surface area contributed by atoms with Crippen molar-refractivity contribution in [3.8, 4) is 0 Å². The zero-order valence-electron chi connectivity index (χ0n) is 11.8. The normalized spacial score (nSPS) is 29.4. The standard InChI is InChI=1S/C13H27N3O/c1-11(2,3)16-10(14)15-9-13(17)8-6-7-12(13,4)5/h17H,6-9H2,1-5H3,(H3,14,15,16). The molecule has 1 aliphatic rings. The van der Waals surface area contributed by atoms with E-state index < -0.39 is 5.60 Å². The van der Waals surface area contributed by atoms with E-state index in [2.05, 4.69) is 24.2 Å². The first-order valence-corrected chi connectivity index (χ1v) is 6.36. The number of nitrogens with zero attached hydrogens (tertiary/aromatic N) is 1. The Labute approximate surface area is 105 Å². The number of nitrogens with two attached hydrogens (primary N) is 1. The molecular formula is C13H27N3O. The lowest BCUT2D eigenvalue weighted by Gasteiger charge is -2.35. The largest absolute Gasteiger partial charge is 0.387 e. The summed E-state index contributed by atoms with van der Waals surface area (Å²) in [6.07, 6.45) is 2.92. The van der Waals surface area contributed by atoms with Crippen molar-refractivity contribution in [3.63, 3.8) is 0 Å². The molecular weight excluding hydrogens is 214 g/mol. The molecule has 1 unspecified atom stereocenters. The van der Waals surface area contributed by atoms with Crippen LogP contribution in [0.1, 0.15) is 53.9 Å². The van der Waals surface area contributed by atoms with Gasteiger partial charge in [0.1, 0.15) is 0 Å². The fraction of sp³-hybridized carbons (Fsp3) is 0.923. The highest BCUT2D eigenvalue weighted by Crippen LogP contribution is 2.45. The van der Waals surface area contributed by atoms with E-state index in [1.807, 2.05) is 20.8 Å². The first-order valence-electron chi connectivity index (χ1n) is 6.36. The van der Waals surface area contributed by atoms with Gasteiger partial charge in [-0.3, -0.25) is 4.99 Å². The predicted octanol–water partition coefficient (Wildman–Crippen LogP) is 1.63. The van der Waals surface area contributed by atoms with Crippen molar-refractivity contribution < 1.29 is 5.11 Å². The number of hydrogen-bond acceptors (Lipinski definition) is 2. The molecule has 0 aromatic rings. The van der Waals surface area contributed by atoms with Gasteiger partial charge < -0.3 is 16.2 Å². The Balaban J connectivity index is 2.63. The summed E-state index contributed by atoms with van der Waals surface area (Å²) in [4.78, 5) is 4.29. The smallest absolute Gasteiger partial charge is 0.189 e. The monoisotopic (exact) mass is 241 g/mol. The summed E-state index contributed by atoms with van der Waals surface area (Å²) in [5.74, 6) is 0.411. The van der Waals surface area contributed by atoms with Gasteiger partial charge in [0, 0.05) is 5.54 Å². The molecule has 0 saturated heterocycles. The maximum absolute atomic E-state index is 10.6. The zero-order valence-corrected chi connectivity index (χ0v) is 11.8. The molecule has 0 spiro atoms. The Morgan fingerprint density at radius 3 is 2.35 bits per heavy atom. The fourth-order valence-corrected chi connectivity index (χ4v) is 2.33. The Bertz CT molecular complexity index is 304. The molecule has 0 amide bonds. The Morgan fingerprint density at radius 2 is 1.94 bits per heavy atom. The number of nitrogens with one attached hydrogen (secondary N) is 1. The summed E-state index contributed by atoms with van der Waals surface area (Å²) < 4.78 is 0. The molecule has 0 bridgehead atoms. The van der Waals surface area contributed by atoms with Gasteiger partial charge in [-0.1, -0.05) is 13.8 Å². The molecule has 4 nitrogen and oxygen atoms in total. The molecule has 1 saturated carbocycles. The molecule has 100 valence electrons. The van der Waals surface area contributed by atoms with Crippen molar-refractivity contribution in [2.45, 2.75) is 65.0 Å². The van der Waals surface area contributed by atoms with Crippen molar-refractivity contribution in [3.05, 3.63) is 0 Å². The Hall–Kier alpha value is -0.770. The zero-order chi connectivity index (χ0) is 13.3. The second-order valence-electron chi connectivity index (χ2n) is 6.85. The van der Waals surface area contributed by atoms with E-state index in [1.165, 1.54) is 0 Å². The minimum Gasteiger partial charge on any atom is -0.387 e. The van der Waals surface area contributed by atoms with Gasteiger partial charge in [0.05, 0.1) is 12.1 Å². The molecule has 0 heterocycles. The molecule has 0 aromatic carbocycles. The summed E-state index contributed by atoms with van der Waals surface area (Å²) in [6.45, 7) is 10.7. The highest BCUT2D eigenvalue weighted by atomic mass is 16.3. The van der Waals surface area contributed by atoms with Crippen LogP contribution in [0.5, 0.6) is 0 Å². The second kappa shape index (κ2) is 4.48. The molecule has 4 heteroatoms. The van der Waals surface area contributed by atoms with Gasteiger partial charge in [-0.25, -0.2) is 0 Å². The summed E-state index contributed by atoms with van der Waals surface area (Å²) in [5.41, 5.74) is 4.94. The van der Waals surface area contributed by atoms with Crippen molar-refractivity contribution in [2.75, 3.05) is 6.54 Å². The molecule has 0 radical (unpaired) electrons. The van der Waals surface area contributed by atoms with Gasteiger partial charge >= 0.3 is 0 Å². The third kappa shape index (κ3) is 3.60. The lowest BCUT2D eigenvalue weighted by Crippen LogP contribution is -2.47. The molecule has 1 rings (SSSR count). The molecule has 1 aliphatic carbocycles. The third-order valence-corrected chi connectivity index (χ3v) is 3.67. The quantitative estimate of drug-likeness (QED) is 0.508. The lowest BCUT2D eigenvalue weighted by atomic mass is 9.78. The van der Waals surface area contributed by atoms with Gasteiger partial charge in [0.15, 0.2) is 5.96 Å². The molecule has 0 aliphatic heterocycles. The Morgan fingerprint density at radius 1 is 1.35 bits per heavy atom. The minimum absolute atomic E-state index is 0.0709. The second-order valence-corrected chi connectivity index (χ2v) is 6.85. The van der Waals surface area contributed by atoms with Crippen LogP contribution in [0.2, 0.25) is 0 Å². The van der Waals surface area contributed by atoms with E-state index in [1.54, 1.807) is 0 Å². The van der Waals surface area contributed by atoms with Gasteiger partial charge in [-0.15, -0.1) is 0 Å². The maximum atomic E-state index is 10.6. The lowest BCUT2D eigenvalue weighted by molar-refractivity contribution is -0.0335. The molecule has 1 fully saturated rings. The first-order chi connectivity index (χ1) is 7.56. The average Bonchev–Trinajstić information content (AvgIpc) is 2.36. The van der Waals surface area contributed by atoms with Crippen LogP contribution < -0.4 is 11.1 Å². The number of guanidine groups is 1.